The van der Waals surface area contributed by atoms with Crippen molar-refractivity contribution in [3.63, 3.8) is 0 Å². The minimum atomic E-state index is 0.178. The van der Waals surface area contributed by atoms with Crippen LogP contribution in [0.4, 0.5) is 0 Å². The van der Waals surface area contributed by atoms with Crippen LogP contribution in [0.15, 0.2) is 0 Å². The van der Waals surface area contributed by atoms with Crippen LogP contribution in [0.1, 0.15) is 34.1 Å². The van der Waals surface area contributed by atoms with Gasteiger partial charge >= 0.3 is 0 Å². The second-order valence-corrected chi connectivity index (χ2v) is 5.99. The highest BCUT2D eigenvalue weighted by molar-refractivity contribution is 5.02. The number of hydrogen-bond donors (Lipinski definition) is 1. The second kappa shape index (κ2) is 5.03. The summed E-state index contributed by atoms with van der Waals surface area (Å²) in [5, 5.41) is 0. The molecule has 0 aromatic carbocycles. The third-order valence-electron chi connectivity index (χ3n) is 4.68. The van der Waals surface area contributed by atoms with Gasteiger partial charge in [0.05, 0.1) is 0 Å². The standard InChI is InChI=1S/C13H29N3/c1-10(2)12(4)16(6)13(8-14)7-11(3)15(5)9-13/h10-12H,7-9,14H2,1-6H3. The highest BCUT2D eigenvalue weighted by atomic mass is 15.3. The predicted molar refractivity (Wildman–Crippen MR) is 70.6 cm³/mol. The summed E-state index contributed by atoms with van der Waals surface area (Å²) < 4.78 is 0. The van der Waals surface area contributed by atoms with Gasteiger partial charge < -0.3 is 10.6 Å². The Hall–Kier alpha value is -0.120. The molecule has 1 aliphatic heterocycles. The molecule has 3 unspecified atom stereocenters. The Morgan fingerprint density at radius 3 is 2.31 bits per heavy atom. The first-order chi connectivity index (χ1) is 7.34. The maximum atomic E-state index is 6.06. The van der Waals surface area contributed by atoms with Crippen molar-refractivity contribution in [3.05, 3.63) is 0 Å². The van der Waals surface area contributed by atoms with Crippen LogP contribution in [-0.2, 0) is 0 Å². The summed E-state index contributed by atoms with van der Waals surface area (Å²) in [6, 6.07) is 1.23. The maximum Gasteiger partial charge on any atom is 0.0473 e. The Kier molecular flexibility index (Phi) is 4.38. The third kappa shape index (κ3) is 2.41. The van der Waals surface area contributed by atoms with Crippen LogP contribution in [0.25, 0.3) is 0 Å². The normalized spacial score (nSPS) is 33.9. The zero-order chi connectivity index (χ0) is 12.5. The number of rotatable bonds is 4. The van der Waals surface area contributed by atoms with E-state index in [1.807, 2.05) is 0 Å². The monoisotopic (exact) mass is 227 g/mol. The Labute approximate surface area is 101 Å². The fourth-order valence-electron chi connectivity index (χ4n) is 2.82. The molecule has 0 aromatic rings. The summed E-state index contributed by atoms with van der Waals surface area (Å²) in [5.41, 5.74) is 6.24. The molecule has 2 N–H and O–H groups in total. The molecule has 1 saturated heterocycles. The summed E-state index contributed by atoms with van der Waals surface area (Å²) >= 11 is 0. The molecule has 0 aliphatic carbocycles. The smallest absolute Gasteiger partial charge is 0.0473 e. The summed E-state index contributed by atoms with van der Waals surface area (Å²) in [4.78, 5) is 4.94. The molecule has 0 aromatic heterocycles. The van der Waals surface area contributed by atoms with E-state index in [2.05, 4.69) is 51.6 Å². The van der Waals surface area contributed by atoms with Crippen LogP contribution in [0.2, 0.25) is 0 Å². The van der Waals surface area contributed by atoms with Crippen molar-refractivity contribution in [1.82, 2.24) is 9.80 Å². The minimum absolute atomic E-state index is 0.178. The van der Waals surface area contributed by atoms with Gasteiger partial charge in [0, 0.05) is 30.7 Å². The first kappa shape index (κ1) is 13.9. The molecule has 1 aliphatic rings. The van der Waals surface area contributed by atoms with Gasteiger partial charge in [-0.2, -0.15) is 0 Å². The number of likely N-dealkylation sites (N-methyl/N-ethyl adjacent to an activating group) is 2. The molecule has 0 saturated carbocycles. The SMILES string of the molecule is CC(C)C(C)N(C)C1(CN)CC(C)N(C)C1. The average molecular weight is 227 g/mol. The van der Waals surface area contributed by atoms with Gasteiger partial charge in [-0.3, -0.25) is 4.90 Å². The molecule has 0 radical (unpaired) electrons. The van der Waals surface area contributed by atoms with Crippen molar-refractivity contribution in [1.29, 1.82) is 0 Å². The Morgan fingerprint density at radius 1 is 1.44 bits per heavy atom. The molecule has 3 nitrogen and oxygen atoms in total. The average Bonchev–Trinajstić information content (AvgIpc) is 2.53. The molecule has 3 heteroatoms. The number of likely N-dealkylation sites (tertiary alicyclic amines) is 1. The Bertz CT molecular complexity index is 217. The molecular formula is C13H29N3. The van der Waals surface area contributed by atoms with E-state index in [1.165, 1.54) is 6.42 Å². The van der Waals surface area contributed by atoms with E-state index in [0.717, 1.165) is 13.1 Å². The zero-order valence-corrected chi connectivity index (χ0v) is 11.8. The number of hydrogen-bond acceptors (Lipinski definition) is 3. The molecule has 3 atom stereocenters. The van der Waals surface area contributed by atoms with Crippen molar-refractivity contribution in [2.45, 2.75) is 51.7 Å². The lowest BCUT2D eigenvalue weighted by molar-refractivity contribution is 0.0701. The van der Waals surface area contributed by atoms with E-state index in [4.69, 9.17) is 5.73 Å². The van der Waals surface area contributed by atoms with Gasteiger partial charge in [0.25, 0.3) is 0 Å². The third-order valence-corrected chi connectivity index (χ3v) is 4.68. The summed E-state index contributed by atoms with van der Waals surface area (Å²) in [6.07, 6.45) is 1.19. The van der Waals surface area contributed by atoms with E-state index in [9.17, 15) is 0 Å². The number of nitrogens with two attached hydrogens (primary N) is 1. The summed E-state index contributed by atoms with van der Waals surface area (Å²) in [5.74, 6) is 0.676. The van der Waals surface area contributed by atoms with Gasteiger partial charge in [-0.1, -0.05) is 13.8 Å². The van der Waals surface area contributed by atoms with Gasteiger partial charge in [-0.25, -0.2) is 0 Å². The molecule has 16 heavy (non-hydrogen) atoms. The minimum Gasteiger partial charge on any atom is -0.329 e. The first-order valence-corrected chi connectivity index (χ1v) is 6.47. The maximum absolute atomic E-state index is 6.06. The summed E-state index contributed by atoms with van der Waals surface area (Å²) in [7, 11) is 4.44. The van der Waals surface area contributed by atoms with E-state index in [1.54, 1.807) is 0 Å². The van der Waals surface area contributed by atoms with Gasteiger partial charge in [-0.15, -0.1) is 0 Å². The Balaban J connectivity index is 2.81. The highest BCUT2D eigenvalue weighted by Gasteiger charge is 2.44. The van der Waals surface area contributed by atoms with E-state index in [0.29, 0.717) is 18.0 Å². The first-order valence-electron chi connectivity index (χ1n) is 6.47. The molecule has 1 fully saturated rings. The van der Waals surface area contributed by atoms with Crippen molar-refractivity contribution < 1.29 is 0 Å². The van der Waals surface area contributed by atoms with Gasteiger partial charge in [0.2, 0.25) is 0 Å². The van der Waals surface area contributed by atoms with Crippen LogP contribution in [-0.4, -0.2) is 54.6 Å². The van der Waals surface area contributed by atoms with Crippen LogP contribution < -0.4 is 5.73 Å². The molecule has 0 bridgehead atoms. The fraction of sp³-hybridized carbons (Fsp3) is 1.00. The highest BCUT2D eigenvalue weighted by Crippen LogP contribution is 2.32. The molecule has 1 rings (SSSR count). The van der Waals surface area contributed by atoms with Crippen molar-refractivity contribution in [2.24, 2.45) is 11.7 Å². The van der Waals surface area contributed by atoms with Gasteiger partial charge in [0.1, 0.15) is 0 Å². The van der Waals surface area contributed by atoms with E-state index in [-0.39, 0.29) is 5.54 Å². The van der Waals surface area contributed by atoms with Crippen LogP contribution in [0, 0.1) is 5.92 Å². The topological polar surface area (TPSA) is 32.5 Å². The number of nitrogens with zero attached hydrogens (tertiary/aromatic N) is 2. The molecule has 96 valence electrons. The quantitative estimate of drug-likeness (QED) is 0.787. The molecular weight excluding hydrogens is 198 g/mol. The second-order valence-electron chi connectivity index (χ2n) is 5.99. The van der Waals surface area contributed by atoms with Crippen LogP contribution in [0.3, 0.4) is 0 Å². The van der Waals surface area contributed by atoms with E-state index >= 15 is 0 Å². The van der Waals surface area contributed by atoms with Crippen molar-refractivity contribution in [2.75, 3.05) is 27.2 Å². The lowest BCUT2D eigenvalue weighted by Gasteiger charge is -2.43. The van der Waals surface area contributed by atoms with Crippen LogP contribution >= 0.6 is 0 Å². The zero-order valence-electron chi connectivity index (χ0n) is 11.8. The predicted octanol–water partition coefficient (Wildman–Crippen LogP) is 1.38. The lowest BCUT2D eigenvalue weighted by atomic mass is 9.90. The lowest BCUT2D eigenvalue weighted by Crippen LogP contribution is -2.57. The van der Waals surface area contributed by atoms with Gasteiger partial charge in [-0.05, 0) is 40.3 Å². The molecule has 1 heterocycles. The molecule has 0 spiro atoms. The van der Waals surface area contributed by atoms with Crippen molar-refractivity contribution in [3.8, 4) is 0 Å². The van der Waals surface area contributed by atoms with Crippen molar-refractivity contribution >= 4 is 0 Å². The summed E-state index contributed by atoms with van der Waals surface area (Å²) in [6.45, 7) is 11.0. The fourth-order valence-corrected chi connectivity index (χ4v) is 2.82. The van der Waals surface area contributed by atoms with Crippen LogP contribution in [0.5, 0.6) is 0 Å². The largest absolute Gasteiger partial charge is 0.329 e. The molecule has 0 amide bonds. The Morgan fingerprint density at radius 2 is 2.00 bits per heavy atom. The van der Waals surface area contributed by atoms with E-state index < -0.39 is 0 Å². The van der Waals surface area contributed by atoms with Gasteiger partial charge in [0.15, 0.2) is 0 Å².